The van der Waals surface area contributed by atoms with Gasteiger partial charge in [-0.15, -0.1) is 11.3 Å². The highest BCUT2D eigenvalue weighted by Crippen LogP contribution is 2.36. The zero-order chi connectivity index (χ0) is 19.7. The molecule has 1 N–H and O–H groups in total. The van der Waals surface area contributed by atoms with Crippen LogP contribution in [0.1, 0.15) is 10.4 Å². The largest absolute Gasteiger partial charge is 0.497 e. The number of thiophene rings is 1. The maximum absolute atomic E-state index is 13.2. The molecule has 140 valence electrons. The summed E-state index contributed by atoms with van der Waals surface area (Å²) in [5, 5.41) is 5.04. The molecule has 0 saturated carbocycles. The summed E-state index contributed by atoms with van der Waals surface area (Å²) in [5.41, 5.74) is 3.00. The molecule has 28 heavy (non-hydrogen) atoms. The van der Waals surface area contributed by atoms with Crippen molar-refractivity contribution in [3.05, 3.63) is 82.2 Å². The van der Waals surface area contributed by atoms with E-state index in [1.807, 2.05) is 48.7 Å². The number of carbonyl (C=O) groups excluding carboxylic acids is 2. The third-order valence-electron chi connectivity index (χ3n) is 4.48. The standard InChI is InChI=1S/C22H18N2O3S/c1-14-8-10-15(11-9-14)23-20-19(18-7-4-12-28-18)21(25)24(22(20)26)16-5-3-6-17(13-16)27-2/h3-13,23H,1-2H3. The molecule has 0 atom stereocenters. The molecule has 1 aromatic heterocycles. The molecular formula is C22H18N2O3S. The maximum Gasteiger partial charge on any atom is 0.282 e. The number of imide groups is 1. The zero-order valence-corrected chi connectivity index (χ0v) is 16.2. The lowest BCUT2D eigenvalue weighted by Gasteiger charge is -2.16. The Bertz CT molecular complexity index is 1070. The molecule has 6 heteroatoms. The van der Waals surface area contributed by atoms with Crippen molar-refractivity contribution in [2.45, 2.75) is 6.92 Å². The van der Waals surface area contributed by atoms with Gasteiger partial charge >= 0.3 is 0 Å². The third kappa shape index (κ3) is 3.18. The highest BCUT2D eigenvalue weighted by Gasteiger charge is 2.40. The molecule has 0 saturated heterocycles. The Kier molecular flexibility index (Phi) is 4.71. The molecule has 5 nitrogen and oxygen atoms in total. The minimum atomic E-state index is -0.387. The molecule has 4 rings (SSSR count). The molecule has 2 heterocycles. The highest BCUT2D eigenvalue weighted by atomic mass is 32.1. The van der Waals surface area contributed by atoms with Gasteiger partial charge in [-0.25, -0.2) is 4.90 Å². The average molecular weight is 390 g/mol. The summed E-state index contributed by atoms with van der Waals surface area (Å²) in [5.74, 6) is -0.159. The summed E-state index contributed by atoms with van der Waals surface area (Å²) < 4.78 is 5.24. The van der Waals surface area contributed by atoms with Crippen molar-refractivity contribution in [1.29, 1.82) is 0 Å². The van der Waals surface area contributed by atoms with E-state index < -0.39 is 0 Å². The van der Waals surface area contributed by atoms with Gasteiger partial charge in [0.25, 0.3) is 11.8 Å². The molecule has 0 spiro atoms. The predicted octanol–water partition coefficient (Wildman–Crippen LogP) is 4.46. The summed E-state index contributed by atoms with van der Waals surface area (Å²) in [4.78, 5) is 28.4. The Hall–Kier alpha value is -3.38. The van der Waals surface area contributed by atoms with Crippen LogP contribution in [-0.2, 0) is 9.59 Å². The van der Waals surface area contributed by atoms with Crippen LogP contribution in [0.5, 0.6) is 5.75 Å². The van der Waals surface area contributed by atoms with E-state index in [4.69, 9.17) is 4.74 Å². The van der Waals surface area contributed by atoms with Crippen LogP contribution in [0, 0.1) is 6.92 Å². The topological polar surface area (TPSA) is 58.6 Å². The van der Waals surface area contributed by atoms with Gasteiger partial charge in [-0.2, -0.15) is 0 Å². The van der Waals surface area contributed by atoms with Crippen LogP contribution in [0.25, 0.3) is 5.57 Å². The molecule has 3 aromatic rings. The molecular weight excluding hydrogens is 372 g/mol. The summed E-state index contributed by atoms with van der Waals surface area (Å²) in [7, 11) is 1.55. The van der Waals surface area contributed by atoms with Crippen molar-refractivity contribution >= 4 is 40.1 Å². The molecule has 1 aliphatic heterocycles. The van der Waals surface area contributed by atoms with Crippen molar-refractivity contribution in [2.24, 2.45) is 0 Å². The minimum Gasteiger partial charge on any atom is -0.497 e. The van der Waals surface area contributed by atoms with E-state index in [0.717, 1.165) is 16.1 Å². The molecule has 0 bridgehead atoms. The number of amides is 2. The van der Waals surface area contributed by atoms with Crippen LogP contribution in [0.4, 0.5) is 11.4 Å². The number of nitrogens with one attached hydrogen (secondary N) is 1. The van der Waals surface area contributed by atoms with E-state index in [1.165, 1.54) is 16.2 Å². The Morgan fingerprint density at radius 1 is 0.964 bits per heavy atom. The van der Waals surface area contributed by atoms with E-state index in [-0.39, 0.29) is 17.5 Å². The van der Waals surface area contributed by atoms with Crippen molar-refractivity contribution in [2.75, 3.05) is 17.3 Å². The summed E-state index contributed by atoms with van der Waals surface area (Å²) in [6.07, 6.45) is 0. The third-order valence-corrected chi connectivity index (χ3v) is 5.37. The predicted molar refractivity (Wildman–Crippen MR) is 112 cm³/mol. The lowest BCUT2D eigenvalue weighted by atomic mass is 10.1. The average Bonchev–Trinajstić information content (AvgIpc) is 3.30. The van der Waals surface area contributed by atoms with Gasteiger partial charge in [0, 0.05) is 16.6 Å². The Balaban J connectivity index is 1.78. The van der Waals surface area contributed by atoms with E-state index >= 15 is 0 Å². The van der Waals surface area contributed by atoms with Crippen molar-refractivity contribution in [3.8, 4) is 5.75 Å². The fourth-order valence-corrected chi connectivity index (χ4v) is 3.83. The molecule has 2 aromatic carbocycles. The fourth-order valence-electron chi connectivity index (χ4n) is 3.06. The van der Waals surface area contributed by atoms with Gasteiger partial charge < -0.3 is 10.1 Å². The first-order valence-corrected chi connectivity index (χ1v) is 9.61. The van der Waals surface area contributed by atoms with Crippen LogP contribution >= 0.6 is 11.3 Å². The maximum atomic E-state index is 13.2. The van der Waals surface area contributed by atoms with Crippen molar-refractivity contribution in [1.82, 2.24) is 0 Å². The second-order valence-electron chi connectivity index (χ2n) is 6.37. The lowest BCUT2D eigenvalue weighted by molar-refractivity contribution is -0.120. The molecule has 2 amide bonds. The first-order valence-electron chi connectivity index (χ1n) is 8.73. The zero-order valence-electron chi connectivity index (χ0n) is 15.4. The second-order valence-corrected chi connectivity index (χ2v) is 7.31. The van der Waals surface area contributed by atoms with E-state index in [1.54, 1.807) is 31.4 Å². The van der Waals surface area contributed by atoms with Gasteiger partial charge in [0.2, 0.25) is 0 Å². The van der Waals surface area contributed by atoms with Crippen LogP contribution in [0.3, 0.4) is 0 Å². The van der Waals surface area contributed by atoms with Gasteiger partial charge in [-0.05, 0) is 42.6 Å². The quantitative estimate of drug-likeness (QED) is 0.654. The molecule has 0 aliphatic carbocycles. The molecule has 0 radical (unpaired) electrons. The summed E-state index contributed by atoms with van der Waals surface area (Å²) >= 11 is 1.43. The number of ether oxygens (including phenoxy) is 1. The van der Waals surface area contributed by atoms with Crippen molar-refractivity contribution < 1.29 is 14.3 Å². The number of anilines is 2. The number of hydrogen-bond donors (Lipinski definition) is 1. The highest BCUT2D eigenvalue weighted by molar-refractivity contribution is 7.11. The first kappa shape index (κ1) is 18.0. The Morgan fingerprint density at radius 3 is 2.43 bits per heavy atom. The second kappa shape index (κ2) is 7.32. The summed E-state index contributed by atoms with van der Waals surface area (Å²) in [6.45, 7) is 1.99. The van der Waals surface area contributed by atoms with Gasteiger partial charge in [0.15, 0.2) is 0 Å². The number of rotatable bonds is 5. The summed E-state index contributed by atoms with van der Waals surface area (Å²) in [6, 6.07) is 18.3. The van der Waals surface area contributed by atoms with Crippen LogP contribution in [0.15, 0.2) is 71.7 Å². The monoisotopic (exact) mass is 390 g/mol. The minimum absolute atomic E-state index is 0.277. The number of methoxy groups -OCH3 is 1. The van der Waals surface area contributed by atoms with Gasteiger partial charge in [-0.3, -0.25) is 9.59 Å². The number of carbonyl (C=O) groups is 2. The molecule has 0 unspecified atom stereocenters. The number of nitrogens with zero attached hydrogens (tertiary/aromatic N) is 1. The van der Waals surface area contributed by atoms with Crippen LogP contribution < -0.4 is 15.0 Å². The number of aryl methyl sites for hydroxylation is 1. The van der Waals surface area contributed by atoms with Gasteiger partial charge in [-0.1, -0.05) is 29.8 Å². The first-order chi connectivity index (χ1) is 13.6. The Labute approximate surface area is 166 Å². The Morgan fingerprint density at radius 2 is 1.75 bits per heavy atom. The molecule has 0 fully saturated rings. The number of benzene rings is 2. The van der Waals surface area contributed by atoms with Gasteiger partial charge in [0.05, 0.1) is 18.4 Å². The fraction of sp³-hybridized carbons (Fsp3) is 0.0909. The van der Waals surface area contributed by atoms with E-state index in [0.29, 0.717) is 17.0 Å². The lowest BCUT2D eigenvalue weighted by Crippen LogP contribution is -2.32. The van der Waals surface area contributed by atoms with Crippen LogP contribution in [0.2, 0.25) is 0 Å². The smallest absolute Gasteiger partial charge is 0.282 e. The molecule has 1 aliphatic rings. The van der Waals surface area contributed by atoms with Crippen molar-refractivity contribution in [3.63, 3.8) is 0 Å². The van der Waals surface area contributed by atoms with E-state index in [9.17, 15) is 9.59 Å². The normalized spacial score (nSPS) is 14.0. The van der Waals surface area contributed by atoms with Gasteiger partial charge in [0.1, 0.15) is 11.4 Å². The SMILES string of the molecule is COc1cccc(N2C(=O)C(Nc3ccc(C)cc3)=C(c3cccs3)C2=O)c1. The van der Waals surface area contributed by atoms with E-state index in [2.05, 4.69) is 5.32 Å². The van der Waals surface area contributed by atoms with Crippen LogP contribution in [-0.4, -0.2) is 18.9 Å². The number of hydrogen-bond acceptors (Lipinski definition) is 5.